The molecule has 1 aromatic heterocycles. The van der Waals surface area contributed by atoms with Crippen molar-refractivity contribution in [1.82, 2.24) is 4.98 Å². The van der Waals surface area contributed by atoms with Crippen LogP contribution in [-0.4, -0.2) is 10.1 Å². The number of benzene rings is 2. The van der Waals surface area contributed by atoms with Gasteiger partial charge in [-0.1, -0.05) is 30.3 Å². The van der Waals surface area contributed by atoms with Crippen LogP contribution in [0.3, 0.4) is 0 Å². The number of hydrogen-bond donors (Lipinski definition) is 2. The first-order valence-corrected chi connectivity index (χ1v) is 7.16. The number of hydrogen-bond acceptors (Lipinski definition) is 1. The van der Waals surface area contributed by atoms with Gasteiger partial charge in [-0.2, -0.15) is 0 Å². The maximum Gasteiger partial charge on any atom is 0.115 e. The Morgan fingerprint density at radius 2 is 1.60 bits per heavy atom. The van der Waals surface area contributed by atoms with Crippen molar-refractivity contribution in [3.05, 3.63) is 65.9 Å². The number of unbranched alkanes of at least 4 members (excludes halogenated alkanes) is 1. The van der Waals surface area contributed by atoms with Crippen molar-refractivity contribution in [3.8, 4) is 5.75 Å². The highest BCUT2D eigenvalue weighted by Gasteiger charge is 2.02. The molecule has 2 N–H and O–H groups in total. The summed E-state index contributed by atoms with van der Waals surface area (Å²) in [6.07, 6.45) is 6.67. The first-order valence-electron chi connectivity index (χ1n) is 7.16. The Morgan fingerprint density at radius 1 is 0.850 bits per heavy atom. The fourth-order valence-electron chi connectivity index (χ4n) is 2.65. The van der Waals surface area contributed by atoms with Gasteiger partial charge in [-0.05, 0) is 55.0 Å². The Labute approximate surface area is 119 Å². The molecule has 3 rings (SSSR count). The quantitative estimate of drug-likeness (QED) is 0.657. The Hall–Kier alpha value is -2.22. The van der Waals surface area contributed by atoms with Gasteiger partial charge in [0.25, 0.3) is 0 Å². The van der Waals surface area contributed by atoms with Crippen LogP contribution in [-0.2, 0) is 12.8 Å². The lowest BCUT2D eigenvalue weighted by molar-refractivity contribution is 0.475. The molecular formula is C18H19NO. The number of para-hydroxylation sites is 1. The largest absolute Gasteiger partial charge is 0.508 e. The third kappa shape index (κ3) is 2.85. The van der Waals surface area contributed by atoms with Crippen molar-refractivity contribution in [2.75, 3.05) is 0 Å². The molecule has 0 fully saturated rings. The van der Waals surface area contributed by atoms with Crippen molar-refractivity contribution < 1.29 is 5.11 Å². The lowest BCUT2D eigenvalue weighted by Gasteiger charge is -2.02. The number of phenolic OH excluding ortho intramolecular Hbond substituents is 1. The maximum atomic E-state index is 9.25. The summed E-state index contributed by atoms with van der Waals surface area (Å²) >= 11 is 0. The van der Waals surface area contributed by atoms with Crippen molar-refractivity contribution in [1.29, 1.82) is 0 Å². The number of fused-ring (bicyclic) bond motifs is 1. The fourth-order valence-corrected chi connectivity index (χ4v) is 2.65. The third-order valence-electron chi connectivity index (χ3n) is 3.77. The van der Waals surface area contributed by atoms with E-state index in [1.165, 1.54) is 34.9 Å². The first-order chi connectivity index (χ1) is 9.83. The van der Waals surface area contributed by atoms with E-state index in [-0.39, 0.29) is 0 Å². The molecule has 0 radical (unpaired) electrons. The van der Waals surface area contributed by atoms with Gasteiger partial charge in [0.05, 0.1) is 0 Å². The average Bonchev–Trinajstić information content (AvgIpc) is 2.89. The van der Waals surface area contributed by atoms with Crippen LogP contribution in [0.4, 0.5) is 0 Å². The molecular weight excluding hydrogens is 246 g/mol. The molecule has 102 valence electrons. The second kappa shape index (κ2) is 5.83. The van der Waals surface area contributed by atoms with Crippen LogP contribution < -0.4 is 0 Å². The van der Waals surface area contributed by atoms with Gasteiger partial charge in [0.2, 0.25) is 0 Å². The van der Waals surface area contributed by atoms with Crippen LogP contribution in [0, 0.1) is 0 Å². The third-order valence-corrected chi connectivity index (χ3v) is 3.77. The van der Waals surface area contributed by atoms with E-state index >= 15 is 0 Å². The SMILES string of the molecule is Oc1ccc(CCCCc2c[nH]c3ccccc23)cc1. The molecule has 0 aliphatic carbocycles. The Kier molecular flexibility index (Phi) is 3.73. The summed E-state index contributed by atoms with van der Waals surface area (Å²) in [6, 6.07) is 16.0. The number of rotatable bonds is 5. The molecule has 20 heavy (non-hydrogen) atoms. The minimum Gasteiger partial charge on any atom is -0.508 e. The van der Waals surface area contributed by atoms with Gasteiger partial charge in [-0.15, -0.1) is 0 Å². The van der Waals surface area contributed by atoms with Crippen molar-refractivity contribution in [2.45, 2.75) is 25.7 Å². The number of aromatic hydroxyl groups is 1. The van der Waals surface area contributed by atoms with Gasteiger partial charge in [-0.3, -0.25) is 0 Å². The van der Waals surface area contributed by atoms with E-state index in [9.17, 15) is 5.11 Å². The summed E-state index contributed by atoms with van der Waals surface area (Å²) in [6.45, 7) is 0. The van der Waals surface area contributed by atoms with Crippen LogP contribution in [0.5, 0.6) is 5.75 Å². The molecule has 0 bridgehead atoms. The zero-order valence-electron chi connectivity index (χ0n) is 11.5. The van der Waals surface area contributed by atoms with Crippen LogP contribution >= 0.6 is 0 Å². The Balaban J connectivity index is 1.54. The van der Waals surface area contributed by atoms with Crippen LogP contribution in [0.1, 0.15) is 24.0 Å². The van der Waals surface area contributed by atoms with Crippen LogP contribution in [0.2, 0.25) is 0 Å². The standard InChI is InChI=1S/C18H19NO/c20-16-11-9-14(10-12-16)5-1-2-6-15-13-19-18-8-4-3-7-17(15)18/h3-4,7-13,19-20H,1-2,5-6H2. The highest BCUT2D eigenvalue weighted by Crippen LogP contribution is 2.20. The average molecular weight is 265 g/mol. The summed E-state index contributed by atoms with van der Waals surface area (Å²) in [4.78, 5) is 3.33. The molecule has 0 aliphatic rings. The summed E-state index contributed by atoms with van der Waals surface area (Å²) in [7, 11) is 0. The van der Waals surface area contributed by atoms with Gasteiger partial charge < -0.3 is 10.1 Å². The number of aryl methyl sites for hydroxylation is 2. The molecule has 2 nitrogen and oxygen atoms in total. The highest BCUT2D eigenvalue weighted by molar-refractivity contribution is 5.82. The van der Waals surface area contributed by atoms with Gasteiger partial charge in [0, 0.05) is 17.1 Å². The van der Waals surface area contributed by atoms with E-state index in [1.54, 1.807) is 12.1 Å². The summed E-state index contributed by atoms with van der Waals surface area (Å²) in [5.74, 6) is 0.340. The van der Waals surface area contributed by atoms with Gasteiger partial charge >= 0.3 is 0 Å². The lowest BCUT2D eigenvalue weighted by Crippen LogP contribution is -1.88. The maximum absolute atomic E-state index is 9.25. The molecule has 0 aliphatic heterocycles. The number of aromatic amines is 1. The lowest BCUT2D eigenvalue weighted by atomic mass is 10.0. The monoisotopic (exact) mass is 265 g/mol. The zero-order valence-corrected chi connectivity index (χ0v) is 11.5. The molecule has 2 aromatic carbocycles. The second-order valence-corrected chi connectivity index (χ2v) is 5.23. The molecule has 2 heteroatoms. The normalized spacial score (nSPS) is 11.0. The summed E-state index contributed by atoms with van der Waals surface area (Å²) in [5.41, 5.74) is 3.93. The smallest absolute Gasteiger partial charge is 0.115 e. The predicted molar refractivity (Wildman–Crippen MR) is 83.0 cm³/mol. The zero-order chi connectivity index (χ0) is 13.8. The van der Waals surface area contributed by atoms with Crippen LogP contribution in [0.15, 0.2) is 54.7 Å². The summed E-state index contributed by atoms with van der Waals surface area (Å²) < 4.78 is 0. The van der Waals surface area contributed by atoms with Gasteiger partial charge in [0.1, 0.15) is 5.75 Å². The van der Waals surface area contributed by atoms with Gasteiger partial charge in [0.15, 0.2) is 0 Å². The van der Waals surface area contributed by atoms with E-state index in [0.29, 0.717) is 5.75 Å². The van der Waals surface area contributed by atoms with Crippen LogP contribution in [0.25, 0.3) is 10.9 Å². The van der Waals surface area contributed by atoms with Crippen molar-refractivity contribution in [3.63, 3.8) is 0 Å². The number of aromatic nitrogens is 1. The minimum absolute atomic E-state index is 0.340. The van der Waals surface area contributed by atoms with Crippen molar-refractivity contribution in [2.24, 2.45) is 0 Å². The molecule has 0 spiro atoms. The van der Waals surface area contributed by atoms with E-state index in [0.717, 1.165) is 12.8 Å². The highest BCUT2D eigenvalue weighted by atomic mass is 16.3. The predicted octanol–water partition coefficient (Wildman–Crippen LogP) is 4.44. The Bertz CT molecular complexity index is 682. The molecule has 0 amide bonds. The molecule has 0 saturated carbocycles. The van der Waals surface area contributed by atoms with E-state index in [2.05, 4.69) is 35.4 Å². The second-order valence-electron chi connectivity index (χ2n) is 5.23. The fraction of sp³-hybridized carbons (Fsp3) is 0.222. The van der Waals surface area contributed by atoms with E-state index < -0.39 is 0 Å². The molecule has 0 atom stereocenters. The number of nitrogens with one attached hydrogen (secondary N) is 1. The number of phenols is 1. The van der Waals surface area contributed by atoms with E-state index in [1.807, 2.05) is 12.1 Å². The molecule has 3 aromatic rings. The molecule has 1 heterocycles. The first kappa shape index (κ1) is 12.8. The minimum atomic E-state index is 0.340. The Morgan fingerprint density at radius 3 is 2.45 bits per heavy atom. The van der Waals surface area contributed by atoms with Gasteiger partial charge in [-0.25, -0.2) is 0 Å². The summed E-state index contributed by atoms with van der Waals surface area (Å²) in [5, 5.41) is 10.6. The van der Waals surface area contributed by atoms with E-state index in [4.69, 9.17) is 0 Å². The molecule has 0 unspecified atom stereocenters. The number of H-pyrrole nitrogens is 1. The van der Waals surface area contributed by atoms with Crippen molar-refractivity contribution >= 4 is 10.9 Å². The molecule has 0 saturated heterocycles. The topological polar surface area (TPSA) is 36.0 Å².